The number of nitrogens with zero attached hydrogens (tertiary/aromatic N) is 6. The maximum atomic E-state index is 15.0. The van der Waals surface area contributed by atoms with Crippen molar-refractivity contribution >= 4 is 33.0 Å². The molecule has 0 amide bonds. The van der Waals surface area contributed by atoms with E-state index in [4.69, 9.17) is 0 Å². The number of hydrogen-bond donors (Lipinski definition) is 2. The van der Waals surface area contributed by atoms with Gasteiger partial charge in [-0.25, -0.2) is 9.78 Å². The molecule has 2 N–H and O–H groups in total. The number of imidazole rings is 1. The van der Waals surface area contributed by atoms with E-state index in [1.165, 1.54) is 4.68 Å². The van der Waals surface area contributed by atoms with Crippen molar-refractivity contribution in [3.05, 3.63) is 53.2 Å². The summed E-state index contributed by atoms with van der Waals surface area (Å²) in [4.78, 5) is 21.5. The van der Waals surface area contributed by atoms with Crippen LogP contribution in [0.1, 0.15) is 31.7 Å². The maximum Gasteiger partial charge on any atom is 0.329 e. The zero-order chi connectivity index (χ0) is 23.8. The molecule has 35 heavy (non-hydrogen) atoms. The number of fused-ring (bicyclic) bond motifs is 4. The minimum absolute atomic E-state index is 0.0484. The van der Waals surface area contributed by atoms with Gasteiger partial charge in [0, 0.05) is 37.3 Å². The Morgan fingerprint density at radius 3 is 2.74 bits per heavy atom. The van der Waals surface area contributed by atoms with E-state index in [1.807, 2.05) is 22.8 Å². The molecule has 5 heterocycles. The number of rotatable bonds is 3. The van der Waals surface area contributed by atoms with Crippen LogP contribution in [0.5, 0.6) is 0 Å². The normalized spacial score (nSPS) is 14.8. The average molecular weight is 471 g/mol. The van der Waals surface area contributed by atoms with Crippen molar-refractivity contribution in [2.45, 2.75) is 31.7 Å². The molecule has 1 saturated carbocycles. The summed E-state index contributed by atoms with van der Waals surface area (Å²) in [5.41, 5.74) is 5.68. The summed E-state index contributed by atoms with van der Waals surface area (Å²) in [5.74, 6) is -0.567. The second kappa shape index (κ2) is 7.14. The van der Waals surface area contributed by atoms with Crippen molar-refractivity contribution in [1.82, 2.24) is 39.1 Å². The van der Waals surface area contributed by atoms with Gasteiger partial charge in [-0.2, -0.15) is 9.49 Å². The molecule has 0 spiro atoms. The monoisotopic (exact) mass is 470 g/mol. The second-order valence-electron chi connectivity index (χ2n) is 9.42. The molecule has 0 saturated heterocycles. The fraction of sp³-hybridized carbons (Fsp3) is 0.280. The molecular formula is C25H23FN8O. The highest BCUT2D eigenvalue weighted by molar-refractivity contribution is 6.14. The number of nitrogens with one attached hydrogen (secondary N) is 2. The Bertz CT molecular complexity index is 1830. The van der Waals surface area contributed by atoms with E-state index < -0.39 is 5.95 Å². The summed E-state index contributed by atoms with van der Waals surface area (Å²) in [5, 5.41) is 12.8. The van der Waals surface area contributed by atoms with Crippen molar-refractivity contribution in [3.63, 3.8) is 0 Å². The fourth-order valence-electron chi connectivity index (χ4n) is 5.70. The van der Waals surface area contributed by atoms with E-state index in [1.54, 1.807) is 37.3 Å². The van der Waals surface area contributed by atoms with Crippen molar-refractivity contribution in [2.75, 3.05) is 0 Å². The van der Waals surface area contributed by atoms with E-state index >= 15 is 0 Å². The topological polar surface area (TPSA) is 102 Å². The summed E-state index contributed by atoms with van der Waals surface area (Å²) in [6, 6.07) is 6.11. The number of aromatic amines is 2. The van der Waals surface area contributed by atoms with E-state index in [-0.39, 0.29) is 11.7 Å². The smallest absolute Gasteiger partial charge is 0.329 e. The van der Waals surface area contributed by atoms with Gasteiger partial charge in [0.25, 0.3) is 0 Å². The maximum absolute atomic E-state index is 15.0. The number of halogens is 1. The molecule has 7 rings (SSSR count). The third kappa shape index (κ3) is 2.79. The predicted molar refractivity (Wildman–Crippen MR) is 132 cm³/mol. The molecule has 9 nitrogen and oxygen atoms in total. The number of aryl methyl sites for hydroxylation is 2. The largest absolute Gasteiger partial charge is 0.338 e. The van der Waals surface area contributed by atoms with Gasteiger partial charge in [0.2, 0.25) is 5.95 Å². The van der Waals surface area contributed by atoms with Crippen LogP contribution in [0.15, 0.2) is 41.6 Å². The Morgan fingerprint density at radius 2 is 1.97 bits per heavy atom. The summed E-state index contributed by atoms with van der Waals surface area (Å²) in [7, 11) is 3.48. The molecule has 176 valence electrons. The van der Waals surface area contributed by atoms with Crippen LogP contribution in [0.4, 0.5) is 4.39 Å². The van der Waals surface area contributed by atoms with Gasteiger partial charge in [-0.1, -0.05) is 18.9 Å². The molecule has 5 aromatic heterocycles. The molecular weight excluding hydrogens is 447 g/mol. The first-order valence-corrected chi connectivity index (χ1v) is 11.8. The number of aromatic nitrogens is 8. The van der Waals surface area contributed by atoms with Crippen molar-refractivity contribution in [3.8, 4) is 22.4 Å². The molecule has 1 fully saturated rings. The van der Waals surface area contributed by atoms with E-state index in [9.17, 15) is 9.18 Å². The van der Waals surface area contributed by atoms with Crippen LogP contribution < -0.4 is 5.69 Å². The minimum Gasteiger partial charge on any atom is -0.338 e. The van der Waals surface area contributed by atoms with Crippen molar-refractivity contribution in [2.24, 2.45) is 14.1 Å². The van der Waals surface area contributed by atoms with Gasteiger partial charge in [-0.15, -0.1) is 5.10 Å². The number of pyridine rings is 1. The molecule has 0 aliphatic heterocycles. The molecule has 0 bridgehead atoms. The molecule has 0 radical (unpaired) electrons. The molecule has 1 aliphatic rings. The zero-order valence-corrected chi connectivity index (χ0v) is 19.3. The van der Waals surface area contributed by atoms with Crippen LogP contribution in [0, 0.1) is 5.95 Å². The predicted octanol–water partition coefficient (Wildman–Crippen LogP) is 4.41. The van der Waals surface area contributed by atoms with Crippen LogP contribution in [-0.4, -0.2) is 39.1 Å². The average Bonchev–Trinajstić information content (AvgIpc) is 3.65. The molecule has 10 heteroatoms. The van der Waals surface area contributed by atoms with E-state index in [0.717, 1.165) is 64.1 Å². The van der Waals surface area contributed by atoms with Crippen molar-refractivity contribution < 1.29 is 4.39 Å². The zero-order valence-electron chi connectivity index (χ0n) is 19.3. The van der Waals surface area contributed by atoms with Crippen LogP contribution in [0.3, 0.4) is 0 Å². The quantitative estimate of drug-likeness (QED) is 0.400. The lowest BCUT2D eigenvalue weighted by Gasteiger charge is -2.13. The Morgan fingerprint density at radius 1 is 1.14 bits per heavy atom. The first-order chi connectivity index (χ1) is 17.0. The third-order valence-electron chi connectivity index (χ3n) is 7.34. The Balaban J connectivity index is 1.66. The van der Waals surface area contributed by atoms with Crippen LogP contribution in [-0.2, 0) is 14.1 Å². The molecule has 0 atom stereocenters. The third-order valence-corrected chi connectivity index (χ3v) is 7.34. The first-order valence-electron chi connectivity index (χ1n) is 11.8. The number of H-pyrrole nitrogens is 2. The van der Waals surface area contributed by atoms with Gasteiger partial charge in [0.15, 0.2) is 0 Å². The lowest BCUT2D eigenvalue weighted by atomic mass is 9.98. The Kier molecular flexibility index (Phi) is 4.12. The van der Waals surface area contributed by atoms with E-state index in [2.05, 4.69) is 25.3 Å². The molecule has 0 unspecified atom stereocenters. The molecule has 1 aromatic carbocycles. The molecule has 1 aliphatic carbocycles. The lowest BCUT2D eigenvalue weighted by Crippen LogP contribution is -2.24. The number of benzene rings is 1. The highest BCUT2D eigenvalue weighted by atomic mass is 19.1. The van der Waals surface area contributed by atoms with Gasteiger partial charge in [0.05, 0.1) is 45.6 Å². The van der Waals surface area contributed by atoms with Gasteiger partial charge in [0.1, 0.15) is 5.65 Å². The fourth-order valence-corrected chi connectivity index (χ4v) is 5.70. The summed E-state index contributed by atoms with van der Waals surface area (Å²) >= 11 is 0. The van der Waals surface area contributed by atoms with Crippen molar-refractivity contribution in [1.29, 1.82) is 0 Å². The summed E-state index contributed by atoms with van der Waals surface area (Å²) in [6.07, 6.45) is 9.29. The van der Waals surface area contributed by atoms with Gasteiger partial charge in [-0.05, 0) is 30.5 Å². The van der Waals surface area contributed by atoms with Crippen LogP contribution in [0.25, 0.3) is 55.4 Å². The highest BCUT2D eigenvalue weighted by Gasteiger charge is 2.28. The highest BCUT2D eigenvalue weighted by Crippen LogP contribution is 2.43. The van der Waals surface area contributed by atoms with Gasteiger partial charge < -0.3 is 4.98 Å². The number of hydrogen-bond acceptors (Lipinski definition) is 4. The summed E-state index contributed by atoms with van der Waals surface area (Å²) < 4.78 is 20.0. The minimum atomic E-state index is -0.567. The van der Waals surface area contributed by atoms with Crippen LogP contribution in [0.2, 0.25) is 0 Å². The molecule has 6 aromatic rings. The first kappa shape index (κ1) is 20.2. The standard InChI is InChI=1S/C25H23FN8O/c1-32-12-16(23(26)31-32)21-19(13-7-8-17-14(9-13)10-28-30-17)20-22-18(11-27-24(20)29-21)33(2)25(35)34(22)15-5-3-4-6-15/h7-12,15H,3-6H2,1-2H3,(H,27,29)(H,28,30). The van der Waals surface area contributed by atoms with Crippen LogP contribution >= 0.6 is 0 Å². The van der Waals surface area contributed by atoms with E-state index in [0.29, 0.717) is 16.9 Å². The summed E-state index contributed by atoms with van der Waals surface area (Å²) in [6.45, 7) is 0. The Hall–Kier alpha value is -4.21. The Labute approximate surface area is 198 Å². The SMILES string of the molecule is Cn1cc(-c2[nH]c3ncc4c(c3c2-c2ccc3[nH]ncc3c2)n(C2CCCC2)c(=O)n4C)c(F)n1. The van der Waals surface area contributed by atoms with Gasteiger partial charge >= 0.3 is 5.69 Å². The second-order valence-corrected chi connectivity index (χ2v) is 9.42. The lowest BCUT2D eigenvalue weighted by molar-refractivity contribution is 0.510. The van der Waals surface area contributed by atoms with Gasteiger partial charge in [-0.3, -0.25) is 18.9 Å².